The van der Waals surface area contributed by atoms with Gasteiger partial charge < -0.3 is 10.1 Å². The maximum Gasteiger partial charge on any atom is 0.230 e. The van der Waals surface area contributed by atoms with Gasteiger partial charge in [-0.1, -0.05) is 36.0 Å². The quantitative estimate of drug-likeness (QED) is 0.632. The van der Waals surface area contributed by atoms with E-state index in [0.29, 0.717) is 11.7 Å². The number of amides is 1. The number of ether oxygens (including phenoxy) is 1. The highest BCUT2D eigenvalue weighted by atomic mass is 32.2. The number of nitrogens with zero attached hydrogens (tertiary/aromatic N) is 4. The first kappa shape index (κ1) is 18.9. The van der Waals surface area contributed by atoms with Gasteiger partial charge >= 0.3 is 0 Å². The van der Waals surface area contributed by atoms with Crippen molar-refractivity contribution in [3.63, 3.8) is 0 Å². The fourth-order valence-electron chi connectivity index (χ4n) is 2.51. The van der Waals surface area contributed by atoms with Gasteiger partial charge in [-0.25, -0.2) is 0 Å². The van der Waals surface area contributed by atoms with Crippen molar-refractivity contribution in [2.75, 3.05) is 12.9 Å². The summed E-state index contributed by atoms with van der Waals surface area (Å²) in [6.07, 6.45) is 0. The van der Waals surface area contributed by atoms with Crippen LogP contribution in [0, 0.1) is 13.8 Å². The van der Waals surface area contributed by atoms with E-state index in [1.165, 1.54) is 17.3 Å². The molecular weight excluding hydrogens is 362 g/mol. The number of carbonyl (C=O) groups excluding carboxylic acids is 1. The summed E-state index contributed by atoms with van der Waals surface area (Å²) in [6.45, 7) is 4.51. The standard InChI is InChI=1S/C19H21N5O2S/c1-13-8-9-16(10-14(13)2)24-19(21-22-23-24)27-12-18(25)20-11-15-6-4-5-7-17(15)26-3/h4-10H,11-12H2,1-3H3,(H,20,25). The van der Waals surface area contributed by atoms with Crippen LogP contribution in [0.2, 0.25) is 0 Å². The Bertz CT molecular complexity index is 941. The Balaban J connectivity index is 1.60. The molecule has 0 atom stereocenters. The lowest BCUT2D eigenvalue weighted by Gasteiger charge is -2.09. The minimum Gasteiger partial charge on any atom is -0.496 e. The summed E-state index contributed by atoms with van der Waals surface area (Å²) in [5.74, 6) is 0.880. The molecule has 2 aromatic carbocycles. The number of carbonyl (C=O) groups is 1. The van der Waals surface area contributed by atoms with Crippen LogP contribution in [0.5, 0.6) is 5.75 Å². The summed E-state index contributed by atoms with van der Waals surface area (Å²) < 4.78 is 6.94. The molecule has 8 heteroatoms. The van der Waals surface area contributed by atoms with Gasteiger partial charge in [-0.2, -0.15) is 4.68 Å². The molecule has 27 heavy (non-hydrogen) atoms. The molecule has 1 amide bonds. The molecule has 1 N–H and O–H groups in total. The van der Waals surface area contributed by atoms with Crippen molar-refractivity contribution in [2.24, 2.45) is 0 Å². The third kappa shape index (κ3) is 4.65. The van der Waals surface area contributed by atoms with Crippen LogP contribution in [-0.4, -0.2) is 39.0 Å². The number of hydrogen-bond acceptors (Lipinski definition) is 6. The predicted molar refractivity (Wildman–Crippen MR) is 104 cm³/mol. The monoisotopic (exact) mass is 383 g/mol. The molecule has 7 nitrogen and oxygen atoms in total. The lowest BCUT2D eigenvalue weighted by molar-refractivity contribution is -0.118. The van der Waals surface area contributed by atoms with Crippen molar-refractivity contribution in [2.45, 2.75) is 25.5 Å². The Labute approximate surface area is 162 Å². The largest absolute Gasteiger partial charge is 0.496 e. The van der Waals surface area contributed by atoms with Crippen LogP contribution in [0.1, 0.15) is 16.7 Å². The number of hydrogen-bond donors (Lipinski definition) is 1. The van der Waals surface area contributed by atoms with Crippen LogP contribution in [0.3, 0.4) is 0 Å². The number of methoxy groups -OCH3 is 1. The van der Waals surface area contributed by atoms with E-state index in [2.05, 4.69) is 27.8 Å². The van der Waals surface area contributed by atoms with E-state index in [-0.39, 0.29) is 11.7 Å². The van der Waals surface area contributed by atoms with Gasteiger partial charge in [-0.15, -0.1) is 5.10 Å². The lowest BCUT2D eigenvalue weighted by atomic mass is 10.1. The Morgan fingerprint density at radius 3 is 2.78 bits per heavy atom. The van der Waals surface area contributed by atoms with Crippen molar-refractivity contribution in [1.29, 1.82) is 0 Å². The number of aromatic nitrogens is 4. The maximum absolute atomic E-state index is 12.2. The van der Waals surface area contributed by atoms with Crippen molar-refractivity contribution < 1.29 is 9.53 Å². The second-order valence-corrected chi connectivity index (χ2v) is 6.96. The number of benzene rings is 2. The van der Waals surface area contributed by atoms with Crippen molar-refractivity contribution >= 4 is 17.7 Å². The van der Waals surface area contributed by atoms with Crippen LogP contribution in [0.4, 0.5) is 0 Å². The minimum atomic E-state index is -0.0967. The summed E-state index contributed by atoms with van der Waals surface area (Å²) in [6, 6.07) is 13.6. The lowest BCUT2D eigenvalue weighted by Crippen LogP contribution is -2.25. The van der Waals surface area contributed by atoms with E-state index in [4.69, 9.17) is 4.74 Å². The van der Waals surface area contributed by atoms with Crippen molar-refractivity contribution in [1.82, 2.24) is 25.5 Å². The first-order chi connectivity index (χ1) is 13.1. The van der Waals surface area contributed by atoms with E-state index in [1.807, 2.05) is 49.4 Å². The molecule has 140 valence electrons. The molecule has 3 aromatic rings. The molecule has 0 aliphatic rings. The van der Waals surface area contributed by atoms with E-state index in [1.54, 1.807) is 11.8 Å². The molecule has 0 fully saturated rings. The van der Waals surface area contributed by atoms with Gasteiger partial charge in [0, 0.05) is 12.1 Å². The third-order valence-corrected chi connectivity index (χ3v) is 5.10. The van der Waals surface area contributed by atoms with Gasteiger partial charge in [-0.05, 0) is 53.6 Å². The predicted octanol–water partition coefficient (Wildman–Crippen LogP) is 2.70. The van der Waals surface area contributed by atoms with Gasteiger partial charge in [0.05, 0.1) is 18.6 Å². The Morgan fingerprint density at radius 2 is 2.00 bits per heavy atom. The zero-order chi connectivity index (χ0) is 19.2. The highest BCUT2D eigenvalue weighted by molar-refractivity contribution is 7.99. The normalized spacial score (nSPS) is 10.6. The first-order valence-electron chi connectivity index (χ1n) is 8.46. The molecule has 0 saturated carbocycles. The van der Waals surface area contributed by atoms with Gasteiger partial charge in [-0.3, -0.25) is 4.79 Å². The second kappa shape index (κ2) is 8.68. The van der Waals surface area contributed by atoms with E-state index in [9.17, 15) is 4.79 Å². The molecule has 0 saturated heterocycles. The summed E-state index contributed by atoms with van der Waals surface area (Å²) >= 11 is 1.30. The Morgan fingerprint density at radius 1 is 1.19 bits per heavy atom. The van der Waals surface area contributed by atoms with Gasteiger partial charge in [0.25, 0.3) is 0 Å². The number of para-hydroxylation sites is 1. The average molecular weight is 383 g/mol. The van der Waals surface area contributed by atoms with E-state index >= 15 is 0 Å². The minimum absolute atomic E-state index is 0.0967. The molecule has 1 aromatic heterocycles. The molecule has 0 bridgehead atoms. The van der Waals surface area contributed by atoms with Gasteiger partial charge in [0.15, 0.2) is 0 Å². The van der Waals surface area contributed by atoms with Gasteiger partial charge in [0.2, 0.25) is 11.1 Å². The van der Waals surface area contributed by atoms with Crippen molar-refractivity contribution in [3.05, 3.63) is 59.2 Å². The smallest absolute Gasteiger partial charge is 0.230 e. The molecule has 0 unspecified atom stereocenters. The number of thioether (sulfide) groups is 1. The van der Waals surface area contributed by atoms with Crippen LogP contribution in [0.25, 0.3) is 5.69 Å². The zero-order valence-electron chi connectivity index (χ0n) is 15.5. The molecule has 0 spiro atoms. The Hall–Kier alpha value is -2.87. The number of tetrazole rings is 1. The molecular formula is C19H21N5O2S. The second-order valence-electron chi connectivity index (χ2n) is 6.02. The van der Waals surface area contributed by atoms with Gasteiger partial charge in [0.1, 0.15) is 5.75 Å². The topological polar surface area (TPSA) is 81.9 Å². The van der Waals surface area contributed by atoms with E-state index < -0.39 is 0 Å². The van der Waals surface area contributed by atoms with Crippen LogP contribution < -0.4 is 10.1 Å². The number of rotatable bonds is 7. The van der Waals surface area contributed by atoms with Crippen LogP contribution >= 0.6 is 11.8 Å². The van der Waals surface area contributed by atoms with Crippen LogP contribution in [0.15, 0.2) is 47.6 Å². The summed E-state index contributed by atoms with van der Waals surface area (Å²) in [5, 5.41) is 15.3. The number of nitrogens with one attached hydrogen (secondary N) is 1. The summed E-state index contributed by atoms with van der Waals surface area (Å²) in [5.41, 5.74) is 4.17. The zero-order valence-corrected chi connectivity index (χ0v) is 16.3. The Kier molecular flexibility index (Phi) is 6.08. The van der Waals surface area contributed by atoms with Crippen molar-refractivity contribution in [3.8, 4) is 11.4 Å². The van der Waals surface area contributed by atoms with E-state index in [0.717, 1.165) is 22.6 Å². The third-order valence-electron chi connectivity index (χ3n) is 4.18. The highest BCUT2D eigenvalue weighted by Gasteiger charge is 2.12. The SMILES string of the molecule is COc1ccccc1CNC(=O)CSc1nnnn1-c1ccc(C)c(C)c1. The fourth-order valence-corrected chi connectivity index (χ4v) is 3.23. The maximum atomic E-state index is 12.2. The highest BCUT2D eigenvalue weighted by Crippen LogP contribution is 2.20. The summed E-state index contributed by atoms with van der Waals surface area (Å²) in [4.78, 5) is 12.2. The fraction of sp³-hybridized carbons (Fsp3) is 0.263. The molecule has 0 aliphatic carbocycles. The first-order valence-corrected chi connectivity index (χ1v) is 9.44. The number of aryl methyl sites for hydroxylation is 2. The molecule has 0 radical (unpaired) electrons. The molecule has 3 rings (SSSR count). The summed E-state index contributed by atoms with van der Waals surface area (Å²) in [7, 11) is 1.61. The average Bonchev–Trinajstić information content (AvgIpc) is 3.15. The molecule has 1 heterocycles. The molecule has 0 aliphatic heterocycles. The van der Waals surface area contributed by atoms with Crippen LogP contribution in [-0.2, 0) is 11.3 Å².